The monoisotopic (exact) mass is 435 g/mol. The Labute approximate surface area is 175 Å². The number of hydrogen-bond acceptors (Lipinski definition) is 4. The summed E-state index contributed by atoms with van der Waals surface area (Å²) in [7, 11) is -3.69. The van der Waals surface area contributed by atoms with E-state index in [2.05, 4.69) is 10.6 Å². The highest BCUT2D eigenvalue weighted by atomic mass is 35.5. The van der Waals surface area contributed by atoms with E-state index in [4.69, 9.17) is 11.6 Å². The zero-order valence-electron chi connectivity index (χ0n) is 15.9. The van der Waals surface area contributed by atoms with Crippen molar-refractivity contribution in [3.63, 3.8) is 0 Å². The van der Waals surface area contributed by atoms with Crippen LogP contribution in [0.15, 0.2) is 53.4 Å². The number of carbonyl (C=O) groups is 2. The summed E-state index contributed by atoms with van der Waals surface area (Å²) in [5.74, 6) is -0.917. The Morgan fingerprint density at radius 2 is 1.72 bits per heavy atom. The van der Waals surface area contributed by atoms with Gasteiger partial charge < -0.3 is 10.6 Å². The van der Waals surface area contributed by atoms with E-state index in [0.717, 1.165) is 0 Å². The summed E-state index contributed by atoms with van der Waals surface area (Å²) in [6.45, 7) is 1.89. The third-order valence-electron chi connectivity index (χ3n) is 4.66. The number of benzene rings is 2. The molecule has 0 bridgehead atoms. The van der Waals surface area contributed by atoms with Gasteiger partial charge in [0.25, 0.3) is 0 Å². The third-order valence-corrected chi connectivity index (χ3v) is 6.79. The van der Waals surface area contributed by atoms with Crippen molar-refractivity contribution in [3.05, 3.63) is 53.6 Å². The zero-order valence-corrected chi connectivity index (χ0v) is 17.5. The Morgan fingerprint density at radius 3 is 2.38 bits per heavy atom. The third kappa shape index (κ3) is 5.35. The summed E-state index contributed by atoms with van der Waals surface area (Å²) in [6, 6.07) is 12.8. The van der Waals surface area contributed by atoms with Gasteiger partial charge in [0.15, 0.2) is 0 Å². The number of piperidine rings is 1. The molecule has 1 aliphatic rings. The van der Waals surface area contributed by atoms with Crippen LogP contribution in [0, 0.1) is 5.92 Å². The normalized spacial score (nSPS) is 17.5. The van der Waals surface area contributed by atoms with Crippen LogP contribution in [0.3, 0.4) is 0 Å². The van der Waals surface area contributed by atoms with Crippen molar-refractivity contribution in [3.8, 4) is 0 Å². The number of sulfonamides is 1. The average Bonchev–Trinajstić information content (AvgIpc) is 2.68. The van der Waals surface area contributed by atoms with Crippen molar-refractivity contribution in [1.82, 2.24) is 4.31 Å². The van der Waals surface area contributed by atoms with Crippen LogP contribution >= 0.6 is 11.6 Å². The van der Waals surface area contributed by atoms with Gasteiger partial charge in [-0.05, 0) is 55.3 Å². The molecule has 1 fully saturated rings. The fourth-order valence-corrected chi connectivity index (χ4v) is 4.90. The van der Waals surface area contributed by atoms with Crippen molar-refractivity contribution in [2.75, 3.05) is 23.7 Å². The lowest BCUT2D eigenvalue weighted by atomic mass is 9.98. The first-order valence-corrected chi connectivity index (χ1v) is 11.0. The summed E-state index contributed by atoms with van der Waals surface area (Å²) >= 11 is 5.84. The van der Waals surface area contributed by atoms with Crippen molar-refractivity contribution in [1.29, 1.82) is 0 Å². The van der Waals surface area contributed by atoms with Crippen LogP contribution in [-0.2, 0) is 19.6 Å². The van der Waals surface area contributed by atoms with Crippen molar-refractivity contribution in [2.45, 2.75) is 24.7 Å². The average molecular weight is 436 g/mol. The van der Waals surface area contributed by atoms with Gasteiger partial charge in [-0.1, -0.05) is 17.7 Å². The molecule has 1 aliphatic heterocycles. The number of amides is 2. The smallest absolute Gasteiger partial charge is 0.243 e. The molecular formula is C20H22ClN3O4S. The van der Waals surface area contributed by atoms with E-state index in [9.17, 15) is 18.0 Å². The van der Waals surface area contributed by atoms with Gasteiger partial charge in [-0.3, -0.25) is 9.59 Å². The van der Waals surface area contributed by atoms with Gasteiger partial charge >= 0.3 is 0 Å². The number of anilines is 2. The summed E-state index contributed by atoms with van der Waals surface area (Å²) in [6.07, 6.45) is 1.20. The molecule has 2 aromatic carbocycles. The first-order valence-electron chi connectivity index (χ1n) is 9.20. The maximum atomic E-state index is 12.9. The number of nitrogens with one attached hydrogen (secondary N) is 2. The molecular weight excluding hydrogens is 414 g/mol. The second-order valence-electron chi connectivity index (χ2n) is 6.91. The lowest BCUT2D eigenvalue weighted by Crippen LogP contribution is -2.43. The molecule has 0 aromatic heterocycles. The molecule has 29 heavy (non-hydrogen) atoms. The van der Waals surface area contributed by atoms with Crippen molar-refractivity contribution < 1.29 is 18.0 Å². The van der Waals surface area contributed by atoms with E-state index in [0.29, 0.717) is 35.8 Å². The highest BCUT2D eigenvalue weighted by Gasteiger charge is 2.33. The standard InChI is InChI=1S/C20H22ClN3O4S/c1-14(25)22-17-5-2-6-18(12-17)23-20(26)15-4-3-11-24(13-15)29(27,28)19-9-7-16(21)8-10-19/h2,5-10,12,15H,3-4,11,13H2,1H3,(H,22,25)(H,23,26)/t15-/m0/s1. The molecule has 9 heteroatoms. The molecule has 2 aromatic rings. The molecule has 7 nitrogen and oxygen atoms in total. The quantitative estimate of drug-likeness (QED) is 0.752. The highest BCUT2D eigenvalue weighted by Crippen LogP contribution is 2.26. The van der Waals surface area contributed by atoms with Crippen LogP contribution < -0.4 is 10.6 Å². The number of nitrogens with zero attached hydrogens (tertiary/aromatic N) is 1. The van der Waals surface area contributed by atoms with Crippen LogP contribution in [0.25, 0.3) is 0 Å². The zero-order chi connectivity index (χ0) is 21.0. The van der Waals surface area contributed by atoms with Gasteiger partial charge in [0, 0.05) is 36.4 Å². The molecule has 1 atom stereocenters. The summed E-state index contributed by atoms with van der Waals surface area (Å²) in [5, 5.41) is 5.93. The lowest BCUT2D eigenvalue weighted by Gasteiger charge is -2.31. The summed E-state index contributed by atoms with van der Waals surface area (Å²) in [5.41, 5.74) is 1.12. The molecule has 0 unspecified atom stereocenters. The number of rotatable bonds is 5. The fraction of sp³-hybridized carbons (Fsp3) is 0.300. The van der Waals surface area contributed by atoms with Crippen LogP contribution in [0.4, 0.5) is 11.4 Å². The molecule has 154 valence electrons. The molecule has 0 radical (unpaired) electrons. The van der Waals surface area contributed by atoms with Gasteiger partial charge in [-0.25, -0.2) is 8.42 Å². The Hall–Kier alpha value is -2.42. The summed E-state index contributed by atoms with van der Waals surface area (Å²) in [4.78, 5) is 24.1. The van der Waals surface area contributed by atoms with E-state index in [-0.39, 0.29) is 23.3 Å². The molecule has 2 N–H and O–H groups in total. The minimum Gasteiger partial charge on any atom is -0.326 e. The van der Waals surface area contributed by atoms with E-state index >= 15 is 0 Å². The molecule has 0 aliphatic carbocycles. The van der Waals surface area contributed by atoms with Gasteiger partial charge in [0.1, 0.15) is 0 Å². The maximum Gasteiger partial charge on any atom is 0.243 e. The SMILES string of the molecule is CC(=O)Nc1cccc(NC(=O)[C@H]2CCCN(S(=O)(=O)c3ccc(Cl)cc3)C2)c1. The van der Waals surface area contributed by atoms with E-state index in [1.807, 2.05) is 0 Å². The molecule has 1 saturated heterocycles. The van der Waals surface area contributed by atoms with Gasteiger partial charge in [0.2, 0.25) is 21.8 Å². The lowest BCUT2D eigenvalue weighted by molar-refractivity contribution is -0.121. The maximum absolute atomic E-state index is 12.9. The van der Waals surface area contributed by atoms with Crippen LogP contribution in [-0.4, -0.2) is 37.6 Å². The van der Waals surface area contributed by atoms with Crippen molar-refractivity contribution in [2.24, 2.45) is 5.92 Å². The minimum absolute atomic E-state index is 0.113. The first-order chi connectivity index (χ1) is 13.8. The predicted octanol–water partition coefficient (Wildman–Crippen LogP) is 3.34. The highest BCUT2D eigenvalue weighted by molar-refractivity contribution is 7.89. The second kappa shape index (κ2) is 8.94. The fourth-order valence-electron chi connectivity index (χ4n) is 3.25. The molecule has 0 spiro atoms. The van der Waals surface area contributed by atoms with Crippen LogP contribution in [0.1, 0.15) is 19.8 Å². The number of hydrogen-bond donors (Lipinski definition) is 2. The largest absolute Gasteiger partial charge is 0.326 e. The molecule has 2 amide bonds. The Kier molecular flexibility index (Phi) is 6.56. The van der Waals surface area contributed by atoms with E-state index in [1.54, 1.807) is 24.3 Å². The Bertz CT molecular complexity index is 1010. The van der Waals surface area contributed by atoms with Gasteiger partial charge in [-0.2, -0.15) is 4.31 Å². The summed E-state index contributed by atoms with van der Waals surface area (Å²) < 4.78 is 27.1. The second-order valence-corrected chi connectivity index (χ2v) is 9.28. The van der Waals surface area contributed by atoms with Gasteiger partial charge in [0.05, 0.1) is 10.8 Å². The van der Waals surface area contributed by atoms with Crippen LogP contribution in [0.5, 0.6) is 0 Å². The van der Waals surface area contributed by atoms with E-state index < -0.39 is 15.9 Å². The van der Waals surface area contributed by atoms with Gasteiger partial charge in [-0.15, -0.1) is 0 Å². The first kappa shape index (κ1) is 21.3. The Morgan fingerprint density at radius 1 is 1.07 bits per heavy atom. The Balaban J connectivity index is 1.69. The van der Waals surface area contributed by atoms with Crippen LogP contribution in [0.2, 0.25) is 5.02 Å². The topological polar surface area (TPSA) is 95.6 Å². The molecule has 0 saturated carbocycles. The molecule has 3 rings (SSSR count). The predicted molar refractivity (Wildman–Crippen MR) is 112 cm³/mol. The van der Waals surface area contributed by atoms with Crippen molar-refractivity contribution >= 4 is 44.8 Å². The number of carbonyl (C=O) groups excluding carboxylic acids is 2. The number of halogens is 1. The minimum atomic E-state index is -3.69. The molecule has 1 heterocycles. The van der Waals surface area contributed by atoms with E-state index in [1.165, 1.54) is 35.5 Å².